The van der Waals surface area contributed by atoms with Crippen molar-refractivity contribution in [3.8, 4) is 11.3 Å². The van der Waals surface area contributed by atoms with E-state index in [1.54, 1.807) is 0 Å². The molecule has 4 heteroatoms. The van der Waals surface area contributed by atoms with Gasteiger partial charge in [-0.25, -0.2) is 8.99 Å². The summed E-state index contributed by atoms with van der Waals surface area (Å²) in [6.07, 6.45) is 4.82. The maximum atomic E-state index is 11.2. The summed E-state index contributed by atoms with van der Waals surface area (Å²) in [6, 6.07) is 24.3. The lowest BCUT2D eigenvalue weighted by atomic mass is 9.76. The molecule has 7 rings (SSSR count). The van der Waals surface area contributed by atoms with Crippen molar-refractivity contribution in [3.05, 3.63) is 106 Å². The minimum absolute atomic E-state index is 0.633. The molecule has 0 radical (unpaired) electrons. The smallest absolute Gasteiger partial charge is 0.361 e. The molecule has 0 saturated heterocycles. The molecule has 1 aromatic heterocycles. The molecule has 178 valence electrons. The molecule has 1 aliphatic carbocycles. The molecule has 2 atom stereocenters. The Morgan fingerprint density at radius 1 is 0.806 bits per heavy atom. The predicted molar refractivity (Wildman–Crippen MR) is 143 cm³/mol. The number of rotatable bonds is 2. The Morgan fingerprint density at radius 2 is 1.47 bits per heavy atom. The number of benzene rings is 3. The second-order valence-electron chi connectivity index (χ2n) is 10.2. The van der Waals surface area contributed by atoms with Crippen LogP contribution in [0.3, 0.4) is 0 Å². The highest BCUT2D eigenvalue weighted by molar-refractivity contribution is 5.91. The van der Waals surface area contributed by atoms with Crippen molar-refractivity contribution in [1.82, 2.24) is 4.58 Å². The fourth-order valence-corrected chi connectivity index (χ4v) is 6.21. The Kier molecular flexibility index (Phi) is 5.12. The van der Waals surface area contributed by atoms with Gasteiger partial charge in [-0.2, -0.15) is 0 Å². The highest BCUT2D eigenvalue weighted by Crippen LogP contribution is 2.37. The summed E-state index contributed by atoms with van der Waals surface area (Å²) in [5.74, 6) is 0.756. The zero-order chi connectivity index (χ0) is 24.2. The third-order valence-electron chi connectivity index (χ3n) is 7.97. The van der Waals surface area contributed by atoms with Crippen LogP contribution >= 0.6 is 0 Å². The van der Waals surface area contributed by atoms with Crippen molar-refractivity contribution in [1.29, 1.82) is 0 Å². The van der Waals surface area contributed by atoms with E-state index in [9.17, 15) is 10.2 Å². The maximum Gasteiger partial charge on any atom is 0.361 e. The minimum Gasteiger partial charge on any atom is -0.384 e. The van der Waals surface area contributed by atoms with Gasteiger partial charge in [-0.15, -0.1) is 0 Å². The van der Waals surface area contributed by atoms with Crippen LogP contribution < -0.4 is 15.2 Å². The van der Waals surface area contributed by atoms with Crippen LogP contribution in [-0.2, 0) is 12.8 Å². The first kappa shape index (κ1) is 21.7. The highest BCUT2D eigenvalue weighted by Gasteiger charge is 2.39. The van der Waals surface area contributed by atoms with Gasteiger partial charge in [0, 0.05) is 41.2 Å². The fraction of sp³-hybridized carbons (Fsp3) is 0.250. The van der Waals surface area contributed by atoms with E-state index in [-0.39, 0.29) is 0 Å². The normalized spacial score (nSPS) is 20.8. The number of nitrogens with zero attached hydrogens (tertiary/aromatic N) is 1. The number of para-hydroxylation sites is 1. The van der Waals surface area contributed by atoms with Gasteiger partial charge in [-0.3, -0.25) is 0 Å². The monoisotopic (exact) mass is 475 g/mol. The number of fused-ring (bicyclic) bond motifs is 1. The molecule has 0 spiro atoms. The number of hydrogen-bond acceptors (Lipinski definition) is 2. The fourth-order valence-electron chi connectivity index (χ4n) is 6.21. The average Bonchev–Trinajstić information content (AvgIpc) is 2.92. The molecule has 4 aromatic rings. The van der Waals surface area contributed by atoms with E-state index >= 15 is 0 Å². The van der Waals surface area contributed by atoms with Gasteiger partial charge in [0.15, 0.2) is 0 Å². The summed E-state index contributed by atoms with van der Waals surface area (Å²) in [6.45, 7) is 2.27. The molecule has 3 aliphatic rings. The van der Waals surface area contributed by atoms with Crippen LogP contribution in [0.2, 0.25) is 0 Å². The number of aliphatic hydroxyl groups is 2. The second kappa shape index (κ2) is 8.51. The first-order valence-corrected chi connectivity index (χ1v) is 12.9. The van der Waals surface area contributed by atoms with Crippen molar-refractivity contribution < 1.29 is 14.6 Å². The zero-order valence-electron chi connectivity index (χ0n) is 20.2. The van der Waals surface area contributed by atoms with E-state index in [4.69, 9.17) is 4.42 Å². The van der Waals surface area contributed by atoms with Crippen LogP contribution in [0.25, 0.3) is 33.9 Å². The van der Waals surface area contributed by atoms with Crippen molar-refractivity contribution in [2.45, 2.75) is 37.9 Å². The minimum atomic E-state index is -0.787. The van der Waals surface area contributed by atoms with E-state index in [2.05, 4.69) is 16.7 Å². The number of aliphatic hydroxyl groups excluding tert-OH is 2. The van der Waals surface area contributed by atoms with Crippen molar-refractivity contribution in [2.24, 2.45) is 0 Å². The summed E-state index contributed by atoms with van der Waals surface area (Å²) in [5, 5.41) is 25.8. The molecule has 1 saturated carbocycles. The van der Waals surface area contributed by atoms with Gasteiger partial charge in [0.25, 0.3) is 0 Å². The maximum absolute atomic E-state index is 11.2. The molecular weight excluding hydrogens is 446 g/mol. The SMILES string of the molecule is OC1C(=Cc2cc(-c3ccccc3)[o+]c3ccccc23)C(O)C1=c1cc2c3c(c1)CCC[N+]=3CCC2. The molecule has 0 bridgehead atoms. The largest absolute Gasteiger partial charge is 0.384 e. The van der Waals surface area contributed by atoms with E-state index in [1.165, 1.54) is 16.5 Å². The summed E-state index contributed by atoms with van der Waals surface area (Å²) in [5.41, 5.74) is 6.77. The van der Waals surface area contributed by atoms with Gasteiger partial charge in [-0.1, -0.05) is 30.3 Å². The molecule has 2 N–H and O–H groups in total. The first-order chi connectivity index (χ1) is 17.7. The standard InChI is InChI=1S/C32H29NO3/c34-31-26(18-23-19-28(20-8-2-1-3-9-20)36-27-13-5-4-12-25(23)27)32(35)29(31)24-16-21-10-6-14-33-15-7-11-22(17-24)30(21)33/h1-5,8-9,12-13,16-19,31-32,34-35H,6-7,10-11,14-15H2/q+2. The van der Waals surface area contributed by atoms with Crippen LogP contribution in [0.15, 0.2) is 82.8 Å². The summed E-state index contributed by atoms with van der Waals surface area (Å²) in [4.78, 5) is 0. The average molecular weight is 476 g/mol. The number of hydrogen-bond donors (Lipinski definition) is 2. The predicted octanol–water partition coefficient (Wildman–Crippen LogP) is 3.73. The Labute approximate surface area is 209 Å². The van der Waals surface area contributed by atoms with Crippen LogP contribution in [-0.4, -0.2) is 35.5 Å². The Hall–Kier alpha value is -3.60. The molecule has 36 heavy (non-hydrogen) atoms. The molecule has 3 aromatic carbocycles. The second-order valence-corrected chi connectivity index (χ2v) is 10.2. The van der Waals surface area contributed by atoms with Crippen LogP contribution in [0.1, 0.15) is 29.5 Å². The van der Waals surface area contributed by atoms with Gasteiger partial charge < -0.3 is 10.2 Å². The summed E-state index contributed by atoms with van der Waals surface area (Å²) < 4.78 is 8.71. The molecule has 4 nitrogen and oxygen atoms in total. The molecule has 2 aliphatic heterocycles. The van der Waals surface area contributed by atoms with E-state index in [1.807, 2.05) is 66.7 Å². The summed E-state index contributed by atoms with van der Waals surface area (Å²) >= 11 is 0. The van der Waals surface area contributed by atoms with Gasteiger partial charge in [0.2, 0.25) is 5.36 Å². The van der Waals surface area contributed by atoms with E-state index in [0.717, 1.165) is 77.4 Å². The van der Waals surface area contributed by atoms with Gasteiger partial charge in [0.05, 0.1) is 17.0 Å². The molecular formula is C32H29NO3+2. The van der Waals surface area contributed by atoms with E-state index in [0.29, 0.717) is 5.57 Å². The third-order valence-corrected chi connectivity index (χ3v) is 7.97. The topological polar surface area (TPSA) is 54.8 Å². The van der Waals surface area contributed by atoms with Crippen molar-refractivity contribution >= 4 is 22.6 Å². The number of aryl methyl sites for hydroxylation is 2. The highest BCUT2D eigenvalue weighted by atomic mass is 16.3. The van der Waals surface area contributed by atoms with Gasteiger partial charge in [-0.05, 0) is 60.0 Å². The Bertz CT molecular complexity index is 1620. The lowest BCUT2D eigenvalue weighted by Crippen LogP contribution is -2.47. The van der Waals surface area contributed by atoms with Crippen LogP contribution in [0, 0.1) is 0 Å². The molecule has 0 amide bonds. The van der Waals surface area contributed by atoms with Crippen LogP contribution in [0.5, 0.6) is 0 Å². The third kappa shape index (κ3) is 3.44. The Balaban J connectivity index is 1.34. The van der Waals surface area contributed by atoms with Crippen molar-refractivity contribution in [2.75, 3.05) is 13.1 Å². The quantitative estimate of drug-likeness (QED) is 0.343. The Morgan fingerprint density at radius 3 is 2.19 bits per heavy atom. The molecule has 1 fully saturated rings. The van der Waals surface area contributed by atoms with Crippen LogP contribution in [0.4, 0.5) is 0 Å². The molecule has 3 heterocycles. The van der Waals surface area contributed by atoms with Gasteiger partial charge >= 0.3 is 11.3 Å². The lowest BCUT2D eigenvalue weighted by molar-refractivity contribution is 0.143. The molecule has 2 unspecified atom stereocenters. The van der Waals surface area contributed by atoms with Crippen molar-refractivity contribution in [3.63, 3.8) is 0 Å². The van der Waals surface area contributed by atoms with Gasteiger partial charge in [0.1, 0.15) is 25.3 Å². The first-order valence-electron chi connectivity index (χ1n) is 12.9. The lowest BCUT2D eigenvalue weighted by Gasteiger charge is -2.36. The summed E-state index contributed by atoms with van der Waals surface area (Å²) in [7, 11) is 0. The van der Waals surface area contributed by atoms with E-state index < -0.39 is 12.2 Å². The zero-order valence-corrected chi connectivity index (χ0v) is 20.2.